The van der Waals surface area contributed by atoms with Crippen LogP contribution in [0.4, 0.5) is 0 Å². The molecule has 5 nitrogen and oxygen atoms in total. The molecule has 0 unspecified atom stereocenters. The van der Waals surface area contributed by atoms with Crippen molar-refractivity contribution in [1.29, 1.82) is 0 Å². The molecular formula is C11H24N2O3. The summed E-state index contributed by atoms with van der Waals surface area (Å²) in [6.45, 7) is 2.76. The monoisotopic (exact) mass is 232 g/mol. The number of rotatable bonds is 10. The van der Waals surface area contributed by atoms with E-state index >= 15 is 0 Å². The van der Waals surface area contributed by atoms with E-state index in [-0.39, 0.29) is 13.2 Å². The molecule has 0 amide bonds. The summed E-state index contributed by atoms with van der Waals surface area (Å²) in [7, 11) is 3.95. The van der Waals surface area contributed by atoms with Gasteiger partial charge in [0.15, 0.2) is 0 Å². The van der Waals surface area contributed by atoms with Crippen LogP contribution in [0.3, 0.4) is 0 Å². The third kappa shape index (κ3) is 9.89. The highest BCUT2D eigenvalue weighted by molar-refractivity contribution is 5.69. The number of nitrogens with zero attached hydrogens (tertiary/aromatic N) is 2. The zero-order valence-corrected chi connectivity index (χ0v) is 10.4. The summed E-state index contributed by atoms with van der Waals surface area (Å²) < 4.78 is 0. The van der Waals surface area contributed by atoms with Crippen molar-refractivity contribution in [3.05, 3.63) is 0 Å². The van der Waals surface area contributed by atoms with Crippen molar-refractivity contribution in [2.24, 2.45) is 0 Å². The van der Waals surface area contributed by atoms with Crippen molar-refractivity contribution < 1.29 is 15.0 Å². The van der Waals surface area contributed by atoms with Gasteiger partial charge in [0, 0.05) is 19.7 Å². The molecule has 0 saturated heterocycles. The van der Waals surface area contributed by atoms with E-state index in [9.17, 15) is 4.79 Å². The van der Waals surface area contributed by atoms with Crippen molar-refractivity contribution in [3.8, 4) is 0 Å². The summed E-state index contributed by atoms with van der Waals surface area (Å²) in [6, 6.07) is 0. The van der Waals surface area contributed by atoms with Crippen LogP contribution in [0.5, 0.6) is 0 Å². The number of likely N-dealkylation sites (N-methyl/N-ethyl adjacent to an activating group) is 1. The van der Waals surface area contributed by atoms with Crippen LogP contribution in [0.25, 0.3) is 0 Å². The van der Waals surface area contributed by atoms with Crippen LogP contribution < -0.4 is 0 Å². The van der Waals surface area contributed by atoms with Crippen molar-refractivity contribution >= 4 is 5.97 Å². The van der Waals surface area contributed by atoms with Gasteiger partial charge >= 0.3 is 5.97 Å². The second kappa shape index (κ2) is 9.57. The minimum absolute atomic E-state index is 0.104. The second-order valence-electron chi connectivity index (χ2n) is 4.26. The van der Waals surface area contributed by atoms with Gasteiger partial charge in [0.05, 0.1) is 6.54 Å². The van der Waals surface area contributed by atoms with Crippen LogP contribution in [0, 0.1) is 0 Å². The summed E-state index contributed by atoms with van der Waals surface area (Å²) in [5.74, 6) is -0.777. The van der Waals surface area contributed by atoms with Crippen LogP contribution in [-0.2, 0) is 4.79 Å². The molecule has 0 aromatic heterocycles. The first-order valence-corrected chi connectivity index (χ1v) is 5.76. The molecule has 16 heavy (non-hydrogen) atoms. The Hall–Kier alpha value is -0.650. The van der Waals surface area contributed by atoms with Crippen LogP contribution in [0.15, 0.2) is 0 Å². The number of hydrogen-bond donors (Lipinski definition) is 2. The molecule has 0 aliphatic rings. The molecule has 0 heterocycles. The van der Waals surface area contributed by atoms with Crippen LogP contribution in [0.2, 0.25) is 0 Å². The number of aliphatic hydroxyl groups excluding tert-OH is 1. The molecular weight excluding hydrogens is 208 g/mol. The summed E-state index contributed by atoms with van der Waals surface area (Å²) in [5.41, 5.74) is 0. The van der Waals surface area contributed by atoms with Gasteiger partial charge in [-0.15, -0.1) is 0 Å². The van der Waals surface area contributed by atoms with Crippen LogP contribution in [-0.4, -0.2) is 72.9 Å². The highest BCUT2D eigenvalue weighted by Crippen LogP contribution is 1.98. The molecule has 0 aliphatic carbocycles. The number of aliphatic carboxylic acids is 1. The second-order valence-corrected chi connectivity index (χ2v) is 4.26. The van der Waals surface area contributed by atoms with Gasteiger partial charge in [-0.05, 0) is 39.9 Å². The summed E-state index contributed by atoms with van der Waals surface area (Å²) in [4.78, 5) is 14.6. The predicted octanol–water partition coefficient (Wildman–Crippen LogP) is 0.0972. The molecule has 0 aromatic rings. The molecule has 0 fully saturated rings. The molecule has 5 heteroatoms. The Morgan fingerprint density at radius 3 is 2.25 bits per heavy atom. The zero-order chi connectivity index (χ0) is 12.4. The van der Waals surface area contributed by atoms with Gasteiger partial charge in [-0.2, -0.15) is 0 Å². The van der Waals surface area contributed by atoms with E-state index < -0.39 is 5.97 Å². The first kappa shape index (κ1) is 15.3. The lowest BCUT2D eigenvalue weighted by molar-refractivity contribution is -0.138. The molecule has 0 rings (SSSR count). The van der Waals surface area contributed by atoms with Crippen LogP contribution in [0.1, 0.15) is 19.3 Å². The minimum atomic E-state index is -0.777. The Balaban J connectivity index is 3.76. The lowest BCUT2D eigenvalue weighted by Crippen LogP contribution is -2.36. The number of carboxylic acids is 1. The normalized spacial score (nSPS) is 11.3. The fourth-order valence-corrected chi connectivity index (χ4v) is 1.43. The van der Waals surface area contributed by atoms with Crippen molar-refractivity contribution in [3.63, 3.8) is 0 Å². The summed E-state index contributed by atoms with van der Waals surface area (Å²) in [6.07, 6.45) is 2.70. The largest absolute Gasteiger partial charge is 0.480 e. The van der Waals surface area contributed by atoms with Gasteiger partial charge in [-0.3, -0.25) is 9.69 Å². The Morgan fingerprint density at radius 2 is 1.75 bits per heavy atom. The van der Waals surface area contributed by atoms with Gasteiger partial charge in [0.1, 0.15) is 0 Å². The third-order valence-electron chi connectivity index (χ3n) is 2.35. The molecule has 0 radical (unpaired) electrons. The molecule has 0 aliphatic heterocycles. The summed E-state index contributed by atoms with van der Waals surface area (Å²) in [5, 5.41) is 17.4. The average molecular weight is 232 g/mol. The highest BCUT2D eigenvalue weighted by Gasteiger charge is 2.09. The van der Waals surface area contributed by atoms with E-state index in [0.717, 1.165) is 38.9 Å². The van der Waals surface area contributed by atoms with Gasteiger partial charge < -0.3 is 15.1 Å². The first-order chi connectivity index (χ1) is 7.56. The number of carboxylic acid groups (broad SMARTS) is 1. The Kier molecular flexibility index (Phi) is 9.18. The van der Waals surface area contributed by atoms with Gasteiger partial charge in [-0.1, -0.05) is 0 Å². The van der Waals surface area contributed by atoms with E-state index in [4.69, 9.17) is 10.2 Å². The molecule has 0 saturated carbocycles. The molecule has 0 atom stereocenters. The van der Waals surface area contributed by atoms with E-state index in [1.807, 2.05) is 23.9 Å². The lowest BCUT2D eigenvalue weighted by Gasteiger charge is -2.22. The smallest absolute Gasteiger partial charge is 0.317 e. The van der Waals surface area contributed by atoms with E-state index in [1.54, 1.807) is 0 Å². The molecule has 0 spiro atoms. The van der Waals surface area contributed by atoms with Crippen molar-refractivity contribution in [1.82, 2.24) is 9.80 Å². The topological polar surface area (TPSA) is 64.0 Å². The average Bonchev–Trinajstić information content (AvgIpc) is 2.19. The van der Waals surface area contributed by atoms with Crippen molar-refractivity contribution in [2.75, 3.05) is 46.9 Å². The van der Waals surface area contributed by atoms with E-state index in [2.05, 4.69) is 0 Å². The SMILES string of the molecule is CN(C)CCN(CCCCCO)CC(=O)O. The number of hydrogen-bond acceptors (Lipinski definition) is 4. The Labute approximate surface area is 97.7 Å². The number of aliphatic hydroxyl groups is 1. The third-order valence-corrected chi connectivity index (χ3v) is 2.35. The van der Waals surface area contributed by atoms with Crippen LogP contribution >= 0.6 is 0 Å². The fourth-order valence-electron chi connectivity index (χ4n) is 1.43. The highest BCUT2D eigenvalue weighted by atomic mass is 16.4. The van der Waals surface area contributed by atoms with E-state index in [1.165, 1.54) is 0 Å². The maximum Gasteiger partial charge on any atom is 0.317 e. The molecule has 2 N–H and O–H groups in total. The summed E-state index contributed by atoms with van der Waals surface area (Å²) >= 11 is 0. The van der Waals surface area contributed by atoms with Gasteiger partial charge in [0.2, 0.25) is 0 Å². The maximum absolute atomic E-state index is 10.6. The Bertz CT molecular complexity index is 186. The van der Waals surface area contributed by atoms with Crippen molar-refractivity contribution in [2.45, 2.75) is 19.3 Å². The zero-order valence-electron chi connectivity index (χ0n) is 10.4. The fraction of sp³-hybridized carbons (Fsp3) is 0.909. The number of unbranched alkanes of at least 4 members (excludes halogenated alkanes) is 2. The predicted molar refractivity (Wildman–Crippen MR) is 63.6 cm³/mol. The van der Waals surface area contributed by atoms with Gasteiger partial charge in [0.25, 0.3) is 0 Å². The minimum Gasteiger partial charge on any atom is -0.480 e. The Morgan fingerprint density at radius 1 is 1.06 bits per heavy atom. The molecule has 96 valence electrons. The van der Waals surface area contributed by atoms with E-state index in [0.29, 0.717) is 0 Å². The molecule has 0 aromatic carbocycles. The first-order valence-electron chi connectivity index (χ1n) is 5.76. The standard InChI is InChI=1S/C11H24N2O3/c1-12(2)7-8-13(10-11(15)16)6-4-3-5-9-14/h14H,3-10H2,1-2H3,(H,15,16). The number of carbonyl (C=O) groups is 1. The maximum atomic E-state index is 10.6. The molecule has 0 bridgehead atoms. The van der Waals surface area contributed by atoms with Gasteiger partial charge in [-0.25, -0.2) is 0 Å². The quantitative estimate of drug-likeness (QED) is 0.523. The lowest BCUT2D eigenvalue weighted by atomic mass is 10.2.